The first-order valence-corrected chi connectivity index (χ1v) is 7.15. The number of amides is 1. The molecule has 1 N–H and O–H groups in total. The number of nitrogens with one attached hydrogen (secondary N) is 1. The third-order valence-corrected chi connectivity index (χ3v) is 3.74. The molecule has 126 valence electrons. The summed E-state index contributed by atoms with van der Waals surface area (Å²) in [5.41, 5.74) is 1.48. The zero-order valence-corrected chi connectivity index (χ0v) is 14.7. The Morgan fingerprint density at radius 2 is 2.22 bits per heavy atom. The van der Waals surface area contributed by atoms with Crippen LogP contribution in [0.3, 0.4) is 0 Å². The highest BCUT2D eigenvalue weighted by Gasteiger charge is 2.24. The summed E-state index contributed by atoms with van der Waals surface area (Å²) < 4.78 is 14.7. The van der Waals surface area contributed by atoms with Crippen LogP contribution < -0.4 is 5.32 Å². The summed E-state index contributed by atoms with van der Waals surface area (Å²) in [5.74, 6) is -0.512. The summed E-state index contributed by atoms with van der Waals surface area (Å²) in [6.45, 7) is 0.302. The number of carbonyl (C=O) groups is 1. The summed E-state index contributed by atoms with van der Waals surface area (Å²) >= 11 is 6.01. The number of nitrogens with zero attached hydrogens (tertiary/aromatic N) is 3. The van der Waals surface area contributed by atoms with Crippen molar-refractivity contribution in [3.8, 4) is 0 Å². The molecular weight excluding hydrogens is 342 g/mol. The number of aryl methyl sites for hydroxylation is 1. The fourth-order valence-corrected chi connectivity index (χ4v) is 2.45. The van der Waals surface area contributed by atoms with E-state index in [2.05, 4.69) is 10.4 Å². The van der Waals surface area contributed by atoms with Gasteiger partial charge in [0.25, 0.3) is 0 Å². The molecule has 0 saturated heterocycles. The maximum absolute atomic E-state index is 13.1. The van der Waals surface area contributed by atoms with Crippen molar-refractivity contribution in [2.75, 3.05) is 14.1 Å². The Bertz CT molecular complexity index is 677. The zero-order chi connectivity index (χ0) is 16.3. The van der Waals surface area contributed by atoms with E-state index in [0.717, 1.165) is 5.56 Å². The van der Waals surface area contributed by atoms with E-state index in [4.69, 9.17) is 11.6 Å². The number of likely N-dealkylation sites (N-methyl/N-ethyl adjacent to an activating group) is 2. The van der Waals surface area contributed by atoms with Gasteiger partial charge in [0, 0.05) is 37.4 Å². The monoisotopic (exact) mass is 360 g/mol. The molecule has 0 radical (unpaired) electrons. The van der Waals surface area contributed by atoms with E-state index in [0.29, 0.717) is 17.1 Å². The van der Waals surface area contributed by atoms with Crippen molar-refractivity contribution in [2.24, 2.45) is 7.05 Å². The molecule has 0 bridgehead atoms. The Balaban J connectivity index is 0.00000264. The molecule has 0 aliphatic rings. The summed E-state index contributed by atoms with van der Waals surface area (Å²) in [4.78, 5) is 14.1. The van der Waals surface area contributed by atoms with Crippen molar-refractivity contribution in [2.45, 2.75) is 12.6 Å². The van der Waals surface area contributed by atoms with E-state index in [1.54, 1.807) is 49.2 Å². The van der Waals surface area contributed by atoms with Crippen LogP contribution in [0.2, 0.25) is 5.02 Å². The summed E-state index contributed by atoms with van der Waals surface area (Å²) in [6.07, 6.45) is 3.44. The fraction of sp³-hybridized carbons (Fsp3) is 0.333. The quantitative estimate of drug-likeness (QED) is 0.891. The average molecular weight is 361 g/mol. The van der Waals surface area contributed by atoms with Gasteiger partial charge in [0.15, 0.2) is 0 Å². The highest BCUT2D eigenvalue weighted by Crippen LogP contribution is 2.21. The van der Waals surface area contributed by atoms with E-state index in [9.17, 15) is 9.18 Å². The van der Waals surface area contributed by atoms with Crippen LogP contribution in [0.4, 0.5) is 4.39 Å². The van der Waals surface area contributed by atoms with E-state index in [-0.39, 0.29) is 18.3 Å². The second kappa shape index (κ2) is 8.29. The topological polar surface area (TPSA) is 50.2 Å². The van der Waals surface area contributed by atoms with Crippen LogP contribution in [-0.4, -0.2) is 34.7 Å². The summed E-state index contributed by atoms with van der Waals surface area (Å²) in [5, 5.41) is 7.37. The number of rotatable bonds is 5. The van der Waals surface area contributed by atoms with Crippen molar-refractivity contribution < 1.29 is 9.18 Å². The van der Waals surface area contributed by atoms with Gasteiger partial charge in [-0.25, -0.2) is 4.39 Å². The maximum Gasteiger partial charge on any atom is 0.244 e. The molecule has 5 nitrogen and oxygen atoms in total. The largest absolute Gasteiger partial charge is 0.340 e. The second-order valence-corrected chi connectivity index (χ2v) is 5.51. The predicted molar refractivity (Wildman–Crippen MR) is 90.1 cm³/mol. The molecule has 8 heteroatoms. The number of carbonyl (C=O) groups excluding carboxylic acids is 1. The molecule has 23 heavy (non-hydrogen) atoms. The molecular formula is C15H19Cl2FN4O. The smallest absolute Gasteiger partial charge is 0.244 e. The number of benzene rings is 1. The lowest BCUT2D eigenvalue weighted by molar-refractivity contribution is -0.132. The van der Waals surface area contributed by atoms with E-state index >= 15 is 0 Å². The van der Waals surface area contributed by atoms with Crippen molar-refractivity contribution in [1.29, 1.82) is 0 Å². The van der Waals surface area contributed by atoms with Gasteiger partial charge < -0.3 is 10.2 Å². The third kappa shape index (κ3) is 4.67. The van der Waals surface area contributed by atoms with Gasteiger partial charge in [-0.3, -0.25) is 9.48 Å². The van der Waals surface area contributed by atoms with Crippen molar-refractivity contribution in [3.63, 3.8) is 0 Å². The Labute approximate surface area is 145 Å². The van der Waals surface area contributed by atoms with Gasteiger partial charge in [-0.2, -0.15) is 5.10 Å². The van der Waals surface area contributed by atoms with Crippen LogP contribution in [0, 0.1) is 5.82 Å². The SMILES string of the molecule is CNC(C(=O)N(C)Cc1ccc(F)cc1Cl)c1cnn(C)c1.Cl. The molecule has 0 fully saturated rings. The Kier molecular flexibility index (Phi) is 7.00. The zero-order valence-electron chi connectivity index (χ0n) is 13.1. The van der Waals surface area contributed by atoms with E-state index in [1.165, 1.54) is 12.1 Å². The molecule has 1 aromatic heterocycles. The van der Waals surface area contributed by atoms with Gasteiger partial charge in [0.2, 0.25) is 5.91 Å². The number of hydrogen-bond donors (Lipinski definition) is 1. The molecule has 0 aliphatic heterocycles. The first-order valence-electron chi connectivity index (χ1n) is 6.77. The molecule has 1 atom stereocenters. The lowest BCUT2D eigenvalue weighted by atomic mass is 10.1. The van der Waals surface area contributed by atoms with Crippen LogP contribution in [0.1, 0.15) is 17.2 Å². The molecule has 2 aromatic rings. The lowest BCUT2D eigenvalue weighted by Gasteiger charge is -2.23. The first kappa shape index (κ1) is 19.4. The molecule has 2 rings (SSSR count). The van der Waals surface area contributed by atoms with Crippen LogP contribution in [0.5, 0.6) is 0 Å². The maximum atomic E-state index is 13.1. The highest BCUT2D eigenvalue weighted by molar-refractivity contribution is 6.31. The van der Waals surface area contributed by atoms with Gasteiger partial charge in [-0.15, -0.1) is 12.4 Å². The summed E-state index contributed by atoms with van der Waals surface area (Å²) in [7, 11) is 5.19. The molecule has 1 heterocycles. The molecule has 1 unspecified atom stereocenters. The average Bonchev–Trinajstić information content (AvgIpc) is 2.89. The molecule has 1 aromatic carbocycles. The summed E-state index contributed by atoms with van der Waals surface area (Å²) in [6, 6.07) is 3.67. The Hall–Kier alpha value is -1.63. The van der Waals surface area contributed by atoms with E-state index in [1.807, 2.05) is 0 Å². The van der Waals surface area contributed by atoms with Gasteiger partial charge in [0.05, 0.1) is 6.20 Å². The minimum atomic E-state index is -0.488. The molecule has 1 amide bonds. The van der Waals surface area contributed by atoms with Crippen molar-refractivity contribution in [1.82, 2.24) is 20.0 Å². The highest BCUT2D eigenvalue weighted by atomic mass is 35.5. The number of hydrogen-bond acceptors (Lipinski definition) is 3. The predicted octanol–water partition coefficient (Wildman–Crippen LogP) is 2.55. The van der Waals surface area contributed by atoms with Crippen molar-refractivity contribution in [3.05, 3.63) is 52.6 Å². The van der Waals surface area contributed by atoms with Gasteiger partial charge in [-0.1, -0.05) is 17.7 Å². The second-order valence-electron chi connectivity index (χ2n) is 5.10. The minimum absolute atomic E-state index is 0. The number of halogens is 3. The third-order valence-electron chi connectivity index (χ3n) is 3.39. The van der Waals surface area contributed by atoms with Gasteiger partial charge >= 0.3 is 0 Å². The van der Waals surface area contributed by atoms with Crippen LogP contribution in [0.25, 0.3) is 0 Å². The molecule has 0 aliphatic carbocycles. The van der Waals surface area contributed by atoms with E-state index < -0.39 is 11.9 Å². The van der Waals surface area contributed by atoms with Gasteiger partial charge in [0.1, 0.15) is 11.9 Å². The Morgan fingerprint density at radius 3 is 2.74 bits per heavy atom. The van der Waals surface area contributed by atoms with Crippen LogP contribution in [-0.2, 0) is 18.4 Å². The Morgan fingerprint density at radius 1 is 1.52 bits per heavy atom. The molecule has 0 saturated carbocycles. The van der Waals surface area contributed by atoms with Crippen molar-refractivity contribution >= 4 is 29.9 Å². The normalized spacial score (nSPS) is 11.7. The van der Waals surface area contributed by atoms with Gasteiger partial charge in [-0.05, 0) is 24.7 Å². The molecule has 0 spiro atoms. The fourth-order valence-electron chi connectivity index (χ4n) is 2.23. The standard InChI is InChI=1S/C15H18ClFN4O.ClH/c1-18-14(11-7-19-21(3)9-11)15(22)20(2)8-10-4-5-12(17)6-13(10)16;/h4-7,9,14,18H,8H2,1-3H3;1H. The minimum Gasteiger partial charge on any atom is -0.340 e. The van der Waals surface area contributed by atoms with Crippen LogP contribution >= 0.6 is 24.0 Å². The van der Waals surface area contributed by atoms with Crippen LogP contribution in [0.15, 0.2) is 30.6 Å². The first-order chi connectivity index (χ1) is 10.4. The lowest BCUT2D eigenvalue weighted by Crippen LogP contribution is -2.37. The number of aromatic nitrogens is 2.